The number of primary amides is 2. The summed E-state index contributed by atoms with van der Waals surface area (Å²) in [6, 6.07) is -4.89. The summed E-state index contributed by atoms with van der Waals surface area (Å²) in [5.41, 5.74) is 16.0. The quantitative estimate of drug-likeness (QED) is 0.136. The van der Waals surface area contributed by atoms with E-state index in [-0.39, 0.29) is 24.7 Å². The lowest BCUT2D eigenvalue weighted by molar-refractivity contribution is -0.144. The maximum Gasteiger partial charge on any atom is 0.326 e. The van der Waals surface area contributed by atoms with Crippen molar-refractivity contribution in [3.05, 3.63) is 0 Å². The number of carbonyl (C=O) groups excluding carboxylic acids is 5. The third kappa shape index (κ3) is 10.8. The highest BCUT2D eigenvalue weighted by Crippen LogP contribution is 2.11. The second-order valence-electron chi connectivity index (χ2n) is 8.28. The molecule has 0 aliphatic rings. The van der Waals surface area contributed by atoms with Crippen LogP contribution in [0.5, 0.6) is 0 Å². The lowest BCUT2D eigenvalue weighted by atomic mass is 9.96. The molecule has 33 heavy (non-hydrogen) atoms. The van der Waals surface area contributed by atoms with Crippen molar-refractivity contribution in [2.75, 3.05) is 0 Å². The van der Waals surface area contributed by atoms with E-state index in [1.165, 1.54) is 0 Å². The molecule has 0 bridgehead atoms. The van der Waals surface area contributed by atoms with Crippen LogP contribution in [0.2, 0.25) is 0 Å². The monoisotopic (exact) mass is 472 g/mol. The average Bonchev–Trinajstić information content (AvgIpc) is 2.71. The molecule has 5 amide bonds. The molecule has 5 unspecified atom stereocenters. The maximum absolute atomic E-state index is 13.0. The highest BCUT2D eigenvalue weighted by atomic mass is 16.4. The van der Waals surface area contributed by atoms with Gasteiger partial charge in [-0.3, -0.25) is 24.0 Å². The molecule has 0 fully saturated rings. The Kier molecular flexibility index (Phi) is 12.7. The van der Waals surface area contributed by atoms with Crippen LogP contribution in [-0.2, 0) is 28.8 Å². The zero-order chi connectivity index (χ0) is 25.9. The highest BCUT2D eigenvalue weighted by molar-refractivity contribution is 5.95. The van der Waals surface area contributed by atoms with E-state index in [9.17, 15) is 33.9 Å². The van der Waals surface area contributed by atoms with Gasteiger partial charge in [0.2, 0.25) is 29.5 Å². The van der Waals surface area contributed by atoms with E-state index in [2.05, 4.69) is 16.0 Å². The summed E-state index contributed by atoms with van der Waals surface area (Å²) in [5, 5.41) is 16.3. The van der Waals surface area contributed by atoms with Crippen LogP contribution in [0, 0.1) is 11.8 Å². The third-order valence-corrected chi connectivity index (χ3v) is 5.15. The Morgan fingerprint density at radius 1 is 0.818 bits per heavy atom. The molecule has 0 saturated heterocycles. The van der Waals surface area contributed by atoms with Crippen molar-refractivity contribution in [3.63, 3.8) is 0 Å². The Balaban J connectivity index is 5.66. The Morgan fingerprint density at radius 2 is 1.36 bits per heavy atom. The van der Waals surface area contributed by atoms with Crippen molar-refractivity contribution in [3.8, 4) is 0 Å². The van der Waals surface area contributed by atoms with Gasteiger partial charge in [-0.2, -0.15) is 0 Å². The van der Waals surface area contributed by atoms with Gasteiger partial charge in [0.05, 0.1) is 12.5 Å². The summed E-state index contributed by atoms with van der Waals surface area (Å²) in [6.07, 6.45) is -0.684. The predicted molar refractivity (Wildman–Crippen MR) is 118 cm³/mol. The van der Waals surface area contributed by atoms with E-state index in [1.54, 1.807) is 27.7 Å². The van der Waals surface area contributed by atoms with Crippen LogP contribution in [0.4, 0.5) is 0 Å². The molecule has 0 aliphatic carbocycles. The molecule has 13 nitrogen and oxygen atoms in total. The number of hydrogen-bond acceptors (Lipinski definition) is 7. The zero-order valence-electron chi connectivity index (χ0n) is 19.4. The third-order valence-electron chi connectivity index (χ3n) is 5.15. The van der Waals surface area contributed by atoms with Gasteiger partial charge in [0.15, 0.2) is 0 Å². The summed E-state index contributed by atoms with van der Waals surface area (Å²) in [7, 11) is 0. The molecule has 0 heterocycles. The summed E-state index contributed by atoms with van der Waals surface area (Å²) in [6.45, 7) is 7.02. The normalized spacial score (nSPS) is 15.5. The van der Waals surface area contributed by atoms with Crippen molar-refractivity contribution in [2.24, 2.45) is 29.0 Å². The fraction of sp³-hybridized carbons (Fsp3) is 0.700. The molecule has 0 spiro atoms. The number of rotatable bonds is 15. The smallest absolute Gasteiger partial charge is 0.326 e. The number of aliphatic carboxylic acids is 1. The Morgan fingerprint density at radius 3 is 1.79 bits per heavy atom. The second kappa shape index (κ2) is 14.0. The number of nitrogens with one attached hydrogen (secondary N) is 3. The number of amides is 5. The van der Waals surface area contributed by atoms with Gasteiger partial charge in [-0.25, -0.2) is 4.79 Å². The molecule has 188 valence electrons. The second-order valence-corrected chi connectivity index (χ2v) is 8.28. The molecule has 13 heteroatoms. The van der Waals surface area contributed by atoms with Crippen LogP contribution >= 0.6 is 0 Å². The first-order chi connectivity index (χ1) is 15.2. The van der Waals surface area contributed by atoms with Crippen LogP contribution in [-0.4, -0.2) is 64.8 Å². The molecular formula is C20H36N6O7. The van der Waals surface area contributed by atoms with Crippen LogP contribution in [0.3, 0.4) is 0 Å². The minimum Gasteiger partial charge on any atom is -0.480 e. The molecule has 0 aromatic heterocycles. The van der Waals surface area contributed by atoms with Crippen molar-refractivity contribution >= 4 is 35.5 Å². The number of carboxylic acids is 1. The molecule has 10 N–H and O–H groups in total. The molecule has 0 aliphatic heterocycles. The minimum absolute atomic E-state index is 0.182. The van der Waals surface area contributed by atoms with Crippen LogP contribution in [0.1, 0.15) is 53.4 Å². The van der Waals surface area contributed by atoms with Crippen LogP contribution in [0.25, 0.3) is 0 Å². The van der Waals surface area contributed by atoms with E-state index < -0.39 is 66.1 Å². The van der Waals surface area contributed by atoms with Gasteiger partial charge >= 0.3 is 5.97 Å². The molecule has 0 saturated carbocycles. The number of nitrogens with two attached hydrogens (primary N) is 3. The SMILES string of the molecule is CCC(C)C(NC(=O)C(N)C(C)C)C(=O)NC(CCC(N)=O)C(=O)NC(CC(N)=O)C(=O)O. The molecule has 5 atom stereocenters. The van der Waals surface area contributed by atoms with Crippen molar-refractivity contribution in [1.82, 2.24) is 16.0 Å². The van der Waals surface area contributed by atoms with Gasteiger partial charge < -0.3 is 38.3 Å². The predicted octanol–water partition coefficient (Wildman–Crippen LogP) is -2.30. The summed E-state index contributed by atoms with van der Waals surface area (Å²) in [4.78, 5) is 71.7. The lowest BCUT2D eigenvalue weighted by Gasteiger charge is -2.28. The first-order valence-corrected chi connectivity index (χ1v) is 10.7. The van der Waals surface area contributed by atoms with Gasteiger partial charge in [0.25, 0.3) is 0 Å². The van der Waals surface area contributed by atoms with E-state index in [4.69, 9.17) is 17.2 Å². The van der Waals surface area contributed by atoms with Crippen LogP contribution in [0.15, 0.2) is 0 Å². The largest absolute Gasteiger partial charge is 0.480 e. The minimum atomic E-state index is -1.63. The standard InChI is InChI=1S/C20H36N6O7/c1-5-10(4)16(26-18(30)15(23)9(2)3)19(31)24-11(6-7-13(21)27)17(29)25-12(20(32)33)8-14(22)28/h9-12,15-16H,5-8,23H2,1-4H3,(H2,21,27)(H2,22,28)(H,24,31)(H,25,29)(H,26,30)(H,32,33). The van der Waals surface area contributed by atoms with E-state index in [1.807, 2.05) is 0 Å². The van der Waals surface area contributed by atoms with Gasteiger partial charge in [0.1, 0.15) is 18.1 Å². The Labute approximate surface area is 192 Å². The molecule has 0 aromatic rings. The zero-order valence-corrected chi connectivity index (χ0v) is 19.4. The van der Waals surface area contributed by atoms with Gasteiger partial charge in [-0.15, -0.1) is 0 Å². The molecule has 0 radical (unpaired) electrons. The van der Waals surface area contributed by atoms with Crippen LogP contribution < -0.4 is 33.2 Å². The lowest BCUT2D eigenvalue weighted by Crippen LogP contribution is -2.59. The Hall–Kier alpha value is -3.22. The van der Waals surface area contributed by atoms with Crippen molar-refractivity contribution < 1.29 is 33.9 Å². The first-order valence-electron chi connectivity index (χ1n) is 10.7. The number of carbonyl (C=O) groups is 6. The molecule has 0 aromatic carbocycles. The summed E-state index contributed by atoms with van der Waals surface area (Å²) >= 11 is 0. The first kappa shape index (κ1) is 29.8. The fourth-order valence-corrected chi connectivity index (χ4v) is 2.74. The highest BCUT2D eigenvalue weighted by Gasteiger charge is 2.33. The molecular weight excluding hydrogens is 436 g/mol. The molecule has 0 rings (SSSR count). The average molecular weight is 473 g/mol. The number of carboxylic acid groups (broad SMARTS) is 1. The topological polar surface area (TPSA) is 237 Å². The van der Waals surface area contributed by atoms with Gasteiger partial charge in [-0.1, -0.05) is 34.1 Å². The summed E-state index contributed by atoms with van der Waals surface area (Å²) in [5.74, 6) is -5.95. The van der Waals surface area contributed by atoms with E-state index in [0.29, 0.717) is 6.42 Å². The van der Waals surface area contributed by atoms with Crippen molar-refractivity contribution in [2.45, 2.75) is 77.5 Å². The van der Waals surface area contributed by atoms with E-state index >= 15 is 0 Å². The summed E-state index contributed by atoms with van der Waals surface area (Å²) < 4.78 is 0. The fourth-order valence-electron chi connectivity index (χ4n) is 2.74. The van der Waals surface area contributed by atoms with Gasteiger partial charge in [0, 0.05) is 6.42 Å². The Bertz CT molecular complexity index is 742. The number of hydrogen-bond donors (Lipinski definition) is 7. The maximum atomic E-state index is 13.0. The van der Waals surface area contributed by atoms with Crippen molar-refractivity contribution in [1.29, 1.82) is 0 Å². The van der Waals surface area contributed by atoms with E-state index in [0.717, 1.165) is 0 Å². The van der Waals surface area contributed by atoms with Gasteiger partial charge in [-0.05, 0) is 18.3 Å².